The second kappa shape index (κ2) is 13.1. The molecule has 1 fully saturated rings. The SMILES string of the molecule is CCCO[C@H]1/C=C/[C@@H]2CC[C@H]2CN2C[C@@]3(CCCc4cc(Cl)ccc43)COc3ccc(cc32)C(=O)NS(=O)(=O)[C@H](CC)CC1. The molecule has 2 aliphatic carbocycles. The van der Waals surface area contributed by atoms with Crippen molar-refractivity contribution in [2.45, 2.75) is 88.4 Å². The number of rotatable bonds is 4. The average Bonchev–Trinajstić information content (AvgIpc) is 3.14. The Morgan fingerprint density at radius 1 is 1.09 bits per heavy atom. The molecule has 7 nitrogen and oxygen atoms in total. The fourth-order valence-corrected chi connectivity index (χ4v) is 9.21. The van der Waals surface area contributed by atoms with Crippen molar-refractivity contribution in [3.63, 3.8) is 0 Å². The first kappa shape index (κ1) is 31.4. The number of nitrogens with one attached hydrogen (secondary N) is 1. The molecule has 1 saturated carbocycles. The summed E-state index contributed by atoms with van der Waals surface area (Å²) in [4.78, 5) is 15.9. The largest absolute Gasteiger partial charge is 0.490 e. The first-order valence-corrected chi connectivity index (χ1v) is 18.3. The Morgan fingerprint density at radius 2 is 1.95 bits per heavy atom. The van der Waals surface area contributed by atoms with Crippen LogP contribution in [-0.2, 0) is 26.6 Å². The number of halogens is 1. The first-order valence-electron chi connectivity index (χ1n) is 16.4. The Bertz CT molecular complexity index is 1510. The van der Waals surface area contributed by atoms with Crippen molar-refractivity contribution in [1.82, 2.24) is 4.72 Å². The highest BCUT2D eigenvalue weighted by Gasteiger charge is 2.43. The minimum atomic E-state index is -3.89. The number of hydrogen-bond donors (Lipinski definition) is 1. The lowest BCUT2D eigenvalue weighted by atomic mass is 9.69. The van der Waals surface area contributed by atoms with E-state index in [-0.39, 0.29) is 11.5 Å². The molecular formula is C35H45ClN2O5S. The highest BCUT2D eigenvalue weighted by Crippen LogP contribution is 2.46. The van der Waals surface area contributed by atoms with E-state index in [1.807, 2.05) is 25.1 Å². The van der Waals surface area contributed by atoms with E-state index in [9.17, 15) is 13.2 Å². The number of carbonyl (C=O) groups excluding carboxylic acids is 1. The van der Waals surface area contributed by atoms with Gasteiger partial charge in [0.2, 0.25) is 10.0 Å². The average molecular weight is 641 g/mol. The van der Waals surface area contributed by atoms with Gasteiger partial charge < -0.3 is 14.4 Å². The van der Waals surface area contributed by atoms with Crippen molar-refractivity contribution in [2.24, 2.45) is 11.8 Å². The molecule has 238 valence electrons. The summed E-state index contributed by atoms with van der Waals surface area (Å²) in [5.74, 6) is 1.02. The number of nitrogens with zero attached hydrogens (tertiary/aromatic N) is 1. The van der Waals surface area contributed by atoms with Crippen molar-refractivity contribution in [2.75, 3.05) is 31.2 Å². The van der Waals surface area contributed by atoms with Crippen LogP contribution < -0.4 is 14.4 Å². The Hall–Kier alpha value is -2.55. The van der Waals surface area contributed by atoms with E-state index in [0.29, 0.717) is 49.9 Å². The maximum Gasteiger partial charge on any atom is 0.264 e. The van der Waals surface area contributed by atoms with Crippen LogP contribution >= 0.6 is 11.6 Å². The topological polar surface area (TPSA) is 84.9 Å². The molecule has 2 heterocycles. The van der Waals surface area contributed by atoms with E-state index in [4.69, 9.17) is 21.1 Å². The normalized spacial score (nSPS) is 30.6. The van der Waals surface area contributed by atoms with Crippen LogP contribution in [0.4, 0.5) is 5.69 Å². The molecule has 44 heavy (non-hydrogen) atoms. The van der Waals surface area contributed by atoms with Gasteiger partial charge in [-0.05, 0) is 111 Å². The van der Waals surface area contributed by atoms with Gasteiger partial charge in [0.1, 0.15) is 5.75 Å². The molecule has 1 amide bonds. The Balaban J connectivity index is 1.40. The smallest absolute Gasteiger partial charge is 0.264 e. The Morgan fingerprint density at radius 3 is 2.73 bits per heavy atom. The molecule has 5 atom stereocenters. The summed E-state index contributed by atoms with van der Waals surface area (Å²) < 4.78 is 42.0. The number of carbonyl (C=O) groups is 1. The van der Waals surface area contributed by atoms with Crippen LogP contribution in [0.1, 0.15) is 86.7 Å². The number of fused-ring (bicyclic) bond motifs is 4. The number of allylic oxidation sites excluding steroid dienone is 1. The summed E-state index contributed by atoms with van der Waals surface area (Å²) in [6.07, 6.45) is 12.0. The number of sulfonamides is 1. The summed E-state index contributed by atoms with van der Waals surface area (Å²) in [7, 11) is -3.89. The fraction of sp³-hybridized carbons (Fsp3) is 0.571. The van der Waals surface area contributed by atoms with E-state index < -0.39 is 21.2 Å². The van der Waals surface area contributed by atoms with Crippen molar-refractivity contribution in [3.05, 3.63) is 70.3 Å². The van der Waals surface area contributed by atoms with E-state index in [0.717, 1.165) is 68.1 Å². The number of anilines is 1. The standard InChI is InChI=1S/C35H45ClN2O5S/c1-3-18-42-29-12-9-24-7-8-27(24)21-38-22-35(17-5-6-25-19-28(36)11-15-31(25)35)23-43-33-16-10-26(20-32(33)38)34(39)37-44(40,41)30(4-2)14-13-29/h9-12,15-16,19-20,24,27,29-30H,3-8,13-14,17-18,21-23H2,1-2H3,(H,37,39)/b12-9+/t24-,27-,29-,30+,35-/m0/s1. The van der Waals surface area contributed by atoms with Gasteiger partial charge >= 0.3 is 0 Å². The zero-order valence-corrected chi connectivity index (χ0v) is 27.5. The quantitative estimate of drug-likeness (QED) is 0.369. The molecule has 2 bridgehead atoms. The highest BCUT2D eigenvalue weighted by molar-refractivity contribution is 7.90. The molecule has 2 aromatic rings. The van der Waals surface area contributed by atoms with Crippen LogP contribution in [0.25, 0.3) is 0 Å². The molecule has 1 spiro atoms. The third-order valence-electron chi connectivity index (χ3n) is 10.2. The van der Waals surface area contributed by atoms with Gasteiger partial charge in [0, 0.05) is 35.7 Å². The first-order chi connectivity index (χ1) is 21.2. The van der Waals surface area contributed by atoms with Crippen LogP contribution in [0.5, 0.6) is 5.75 Å². The number of amides is 1. The van der Waals surface area contributed by atoms with Gasteiger partial charge in [-0.25, -0.2) is 13.1 Å². The predicted molar refractivity (Wildman–Crippen MR) is 175 cm³/mol. The third-order valence-corrected chi connectivity index (χ3v) is 12.4. The maximum atomic E-state index is 13.5. The van der Waals surface area contributed by atoms with Crippen molar-refractivity contribution in [3.8, 4) is 5.75 Å². The molecule has 2 aliphatic heterocycles. The van der Waals surface area contributed by atoms with Crippen LogP contribution in [0.2, 0.25) is 5.02 Å². The summed E-state index contributed by atoms with van der Waals surface area (Å²) in [6.45, 7) is 6.68. The highest BCUT2D eigenvalue weighted by atomic mass is 35.5. The molecule has 0 radical (unpaired) electrons. The monoisotopic (exact) mass is 640 g/mol. The van der Waals surface area contributed by atoms with Gasteiger partial charge in [-0.2, -0.15) is 0 Å². The van der Waals surface area contributed by atoms with Crippen LogP contribution in [-0.4, -0.2) is 52.0 Å². The minimum Gasteiger partial charge on any atom is -0.490 e. The van der Waals surface area contributed by atoms with Gasteiger partial charge in [0.05, 0.1) is 23.6 Å². The van der Waals surface area contributed by atoms with Gasteiger partial charge in [0.25, 0.3) is 5.91 Å². The van der Waals surface area contributed by atoms with Crippen molar-refractivity contribution in [1.29, 1.82) is 0 Å². The zero-order chi connectivity index (χ0) is 30.9. The Labute approximate surface area is 267 Å². The molecule has 0 aromatic heterocycles. The van der Waals surface area contributed by atoms with Crippen LogP contribution in [0.15, 0.2) is 48.6 Å². The number of benzene rings is 2. The number of ether oxygens (including phenoxy) is 2. The second-order valence-electron chi connectivity index (χ2n) is 13.2. The lowest BCUT2D eigenvalue weighted by molar-refractivity contribution is 0.0772. The molecule has 4 aliphatic rings. The summed E-state index contributed by atoms with van der Waals surface area (Å²) >= 11 is 6.42. The summed E-state index contributed by atoms with van der Waals surface area (Å²) in [5.41, 5.74) is 3.54. The van der Waals surface area contributed by atoms with Gasteiger partial charge in [0.15, 0.2) is 0 Å². The van der Waals surface area contributed by atoms with Crippen LogP contribution in [0.3, 0.4) is 0 Å². The zero-order valence-electron chi connectivity index (χ0n) is 25.9. The van der Waals surface area contributed by atoms with Crippen molar-refractivity contribution < 1.29 is 22.7 Å². The van der Waals surface area contributed by atoms with E-state index >= 15 is 0 Å². The lowest BCUT2D eigenvalue weighted by Gasteiger charge is -2.44. The van der Waals surface area contributed by atoms with E-state index in [2.05, 4.69) is 40.8 Å². The van der Waals surface area contributed by atoms with Crippen molar-refractivity contribution >= 4 is 33.2 Å². The second-order valence-corrected chi connectivity index (χ2v) is 15.6. The molecule has 6 rings (SSSR count). The summed E-state index contributed by atoms with van der Waals surface area (Å²) in [6, 6.07) is 11.6. The predicted octanol–water partition coefficient (Wildman–Crippen LogP) is 6.82. The lowest BCUT2D eigenvalue weighted by Crippen LogP contribution is -2.48. The van der Waals surface area contributed by atoms with Gasteiger partial charge in [-0.1, -0.05) is 43.7 Å². The molecule has 9 heteroatoms. The van der Waals surface area contributed by atoms with E-state index in [1.165, 1.54) is 11.1 Å². The number of aryl methyl sites for hydroxylation is 1. The maximum absolute atomic E-state index is 13.5. The number of hydrogen-bond acceptors (Lipinski definition) is 6. The molecule has 1 N–H and O–H groups in total. The fourth-order valence-electron chi connectivity index (χ4n) is 7.58. The van der Waals surface area contributed by atoms with Gasteiger partial charge in [-0.3, -0.25) is 4.79 Å². The van der Waals surface area contributed by atoms with Crippen LogP contribution in [0, 0.1) is 11.8 Å². The van der Waals surface area contributed by atoms with E-state index in [1.54, 1.807) is 6.07 Å². The third kappa shape index (κ3) is 6.40. The summed E-state index contributed by atoms with van der Waals surface area (Å²) in [5, 5.41) is 0.0715. The Kier molecular flexibility index (Phi) is 9.32. The molecule has 0 saturated heterocycles. The molecule has 2 aromatic carbocycles. The molecular weight excluding hydrogens is 596 g/mol. The minimum absolute atomic E-state index is 0.149. The molecule has 0 unspecified atom stereocenters. The van der Waals surface area contributed by atoms with Gasteiger partial charge in [-0.15, -0.1) is 0 Å².